The second kappa shape index (κ2) is 6.07. The van der Waals surface area contributed by atoms with Gasteiger partial charge in [-0.1, -0.05) is 11.6 Å². The number of rotatable bonds is 2. The van der Waals surface area contributed by atoms with Gasteiger partial charge in [0.15, 0.2) is 0 Å². The second-order valence-electron chi connectivity index (χ2n) is 4.70. The zero-order chi connectivity index (χ0) is 12.3. The van der Waals surface area contributed by atoms with E-state index in [1.807, 2.05) is 12.1 Å². The van der Waals surface area contributed by atoms with Gasteiger partial charge in [0.1, 0.15) is 0 Å². The van der Waals surface area contributed by atoms with Crippen LogP contribution in [0.2, 0.25) is 5.02 Å². The van der Waals surface area contributed by atoms with Gasteiger partial charge in [-0.2, -0.15) is 0 Å². The van der Waals surface area contributed by atoms with Crippen LogP contribution in [0, 0.1) is 0 Å². The zero-order valence-corrected chi connectivity index (χ0v) is 12.4. The van der Waals surface area contributed by atoms with E-state index in [1.54, 1.807) is 0 Å². The van der Waals surface area contributed by atoms with Crippen LogP contribution in [-0.2, 0) is 0 Å². The lowest BCUT2D eigenvalue weighted by Crippen LogP contribution is -2.22. The van der Waals surface area contributed by atoms with Crippen molar-refractivity contribution in [2.24, 2.45) is 0 Å². The standard InChI is InChI=1S/C13H18BrClN2/c1-17-7-2-3-10(6-8-17)16-11-4-5-13(15)12(14)9-11/h4-5,9-10,16H,2-3,6-8H2,1H3. The molecule has 1 aliphatic rings. The molecule has 1 aliphatic heterocycles. The van der Waals surface area contributed by atoms with Crippen LogP contribution >= 0.6 is 27.5 Å². The molecular formula is C13H18BrClN2. The van der Waals surface area contributed by atoms with Gasteiger partial charge in [0.05, 0.1) is 5.02 Å². The molecule has 1 atom stereocenters. The van der Waals surface area contributed by atoms with Crippen LogP contribution in [0.5, 0.6) is 0 Å². The smallest absolute Gasteiger partial charge is 0.0549 e. The average Bonchev–Trinajstić information content (AvgIpc) is 2.49. The Morgan fingerprint density at radius 3 is 2.94 bits per heavy atom. The molecule has 2 rings (SSSR count). The number of halogens is 2. The maximum Gasteiger partial charge on any atom is 0.0549 e. The quantitative estimate of drug-likeness (QED) is 0.887. The molecular weight excluding hydrogens is 300 g/mol. The first-order chi connectivity index (χ1) is 8.15. The lowest BCUT2D eigenvalue weighted by Gasteiger charge is -2.18. The number of likely N-dealkylation sites (tertiary alicyclic amines) is 1. The molecule has 94 valence electrons. The predicted octanol–water partition coefficient (Wildman–Crippen LogP) is 4.00. The van der Waals surface area contributed by atoms with Gasteiger partial charge in [-0.3, -0.25) is 0 Å². The third-order valence-electron chi connectivity index (χ3n) is 3.24. The van der Waals surface area contributed by atoms with Gasteiger partial charge in [0, 0.05) is 16.2 Å². The highest BCUT2D eigenvalue weighted by Crippen LogP contribution is 2.26. The monoisotopic (exact) mass is 316 g/mol. The lowest BCUT2D eigenvalue weighted by molar-refractivity contribution is 0.348. The van der Waals surface area contributed by atoms with Gasteiger partial charge in [0.2, 0.25) is 0 Å². The number of anilines is 1. The van der Waals surface area contributed by atoms with E-state index in [4.69, 9.17) is 11.6 Å². The summed E-state index contributed by atoms with van der Waals surface area (Å²) in [5, 5.41) is 4.35. The highest BCUT2D eigenvalue weighted by molar-refractivity contribution is 9.10. The van der Waals surface area contributed by atoms with Crippen molar-refractivity contribution in [1.82, 2.24) is 4.90 Å². The van der Waals surface area contributed by atoms with E-state index in [1.165, 1.54) is 32.4 Å². The highest BCUT2D eigenvalue weighted by atomic mass is 79.9. The second-order valence-corrected chi connectivity index (χ2v) is 5.97. The molecule has 0 saturated carbocycles. The number of nitrogens with one attached hydrogen (secondary N) is 1. The van der Waals surface area contributed by atoms with E-state index in [9.17, 15) is 0 Å². The number of hydrogen-bond donors (Lipinski definition) is 1. The Morgan fingerprint density at radius 2 is 2.18 bits per heavy atom. The third kappa shape index (κ3) is 3.87. The van der Waals surface area contributed by atoms with Crippen LogP contribution in [0.15, 0.2) is 22.7 Å². The third-order valence-corrected chi connectivity index (χ3v) is 4.46. The fraction of sp³-hybridized carbons (Fsp3) is 0.538. The van der Waals surface area contributed by atoms with Crippen molar-refractivity contribution < 1.29 is 0 Å². The number of nitrogens with zero attached hydrogens (tertiary/aromatic N) is 1. The van der Waals surface area contributed by atoms with E-state index >= 15 is 0 Å². The maximum atomic E-state index is 5.99. The molecule has 1 aromatic carbocycles. The lowest BCUT2D eigenvalue weighted by atomic mass is 10.1. The Balaban J connectivity index is 1.97. The summed E-state index contributed by atoms with van der Waals surface area (Å²) in [4.78, 5) is 2.40. The van der Waals surface area contributed by atoms with Crippen molar-refractivity contribution in [2.45, 2.75) is 25.3 Å². The highest BCUT2D eigenvalue weighted by Gasteiger charge is 2.14. The van der Waals surface area contributed by atoms with Crippen LogP contribution in [0.4, 0.5) is 5.69 Å². The maximum absolute atomic E-state index is 5.99. The summed E-state index contributed by atoms with van der Waals surface area (Å²) in [5.74, 6) is 0. The molecule has 1 unspecified atom stereocenters. The van der Waals surface area contributed by atoms with Crippen molar-refractivity contribution >= 4 is 33.2 Å². The molecule has 1 aromatic rings. The van der Waals surface area contributed by atoms with Gasteiger partial charge >= 0.3 is 0 Å². The molecule has 17 heavy (non-hydrogen) atoms. The average molecular weight is 318 g/mol. The molecule has 0 amide bonds. The summed E-state index contributed by atoms with van der Waals surface area (Å²) < 4.78 is 0.954. The fourth-order valence-corrected chi connectivity index (χ4v) is 2.70. The molecule has 1 heterocycles. The SMILES string of the molecule is CN1CCCC(Nc2ccc(Cl)c(Br)c2)CC1. The Labute approximate surface area is 116 Å². The van der Waals surface area contributed by atoms with Crippen molar-refractivity contribution in [3.05, 3.63) is 27.7 Å². The minimum absolute atomic E-state index is 0.577. The minimum atomic E-state index is 0.577. The Kier molecular flexibility index (Phi) is 4.71. The molecule has 1 fully saturated rings. The van der Waals surface area contributed by atoms with Crippen LogP contribution in [0.3, 0.4) is 0 Å². The van der Waals surface area contributed by atoms with E-state index in [0.717, 1.165) is 15.2 Å². The van der Waals surface area contributed by atoms with Crippen molar-refractivity contribution in [3.63, 3.8) is 0 Å². The minimum Gasteiger partial charge on any atom is -0.382 e. The van der Waals surface area contributed by atoms with Gasteiger partial charge in [0.25, 0.3) is 0 Å². The first-order valence-electron chi connectivity index (χ1n) is 6.05. The predicted molar refractivity (Wildman–Crippen MR) is 77.9 cm³/mol. The van der Waals surface area contributed by atoms with E-state index in [0.29, 0.717) is 6.04 Å². The van der Waals surface area contributed by atoms with Gasteiger partial charge in [-0.25, -0.2) is 0 Å². The molecule has 2 nitrogen and oxygen atoms in total. The topological polar surface area (TPSA) is 15.3 Å². The summed E-state index contributed by atoms with van der Waals surface area (Å²) in [6.07, 6.45) is 3.71. The Hall–Kier alpha value is -0.250. The molecule has 4 heteroatoms. The number of hydrogen-bond acceptors (Lipinski definition) is 2. The van der Waals surface area contributed by atoms with Crippen molar-refractivity contribution in [1.29, 1.82) is 0 Å². The van der Waals surface area contributed by atoms with Crippen LogP contribution in [-0.4, -0.2) is 31.1 Å². The van der Waals surface area contributed by atoms with Gasteiger partial charge in [-0.05, 0) is 73.5 Å². The van der Waals surface area contributed by atoms with E-state index in [2.05, 4.69) is 39.3 Å². The Morgan fingerprint density at radius 1 is 1.35 bits per heavy atom. The summed E-state index contributed by atoms with van der Waals surface area (Å²) in [6.45, 7) is 2.38. The summed E-state index contributed by atoms with van der Waals surface area (Å²) in [7, 11) is 2.20. The molecule has 0 aliphatic carbocycles. The van der Waals surface area contributed by atoms with Gasteiger partial charge < -0.3 is 10.2 Å². The number of benzene rings is 1. The van der Waals surface area contributed by atoms with Crippen LogP contribution in [0.25, 0.3) is 0 Å². The van der Waals surface area contributed by atoms with Crippen LogP contribution in [0.1, 0.15) is 19.3 Å². The van der Waals surface area contributed by atoms with E-state index in [-0.39, 0.29) is 0 Å². The largest absolute Gasteiger partial charge is 0.382 e. The molecule has 0 aromatic heterocycles. The van der Waals surface area contributed by atoms with E-state index < -0.39 is 0 Å². The molecule has 0 spiro atoms. The molecule has 1 saturated heterocycles. The summed E-state index contributed by atoms with van der Waals surface area (Å²) >= 11 is 9.44. The molecule has 1 N–H and O–H groups in total. The van der Waals surface area contributed by atoms with Crippen molar-refractivity contribution in [2.75, 3.05) is 25.5 Å². The Bertz CT molecular complexity index is 384. The van der Waals surface area contributed by atoms with Crippen molar-refractivity contribution in [3.8, 4) is 0 Å². The molecule has 0 bridgehead atoms. The first-order valence-corrected chi connectivity index (χ1v) is 7.22. The fourth-order valence-electron chi connectivity index (χ4n) is 2.21. The van der Waals surface area contributed by atoms with Gasteiger partial charge in [-0.15, -0.1) is 0 Å². The first kappa shape index (κ1) is 13.2. The zero-order valence-electron chi connectivity index (χ0n) is 10.0. The summed E-state index contributed by atoms with van der Waals surface area (Å²) in [6, 6.07) is 6.60. The summed E-state index contributed by atoms with van der Waals surface area (Å²) in [5.41, 5.74) is 1.15. The molecule has 0 radical (unpaired) electrons. The normalized spacial score (nSPS) is 22.2. The van der Waals surface area contributed by atoms with Crippen LogP contribution < -0.4 is 5.32 Å².